The number of fused-ring (bicyclic) bond motifs is 1. The number of carbonyl (C=O) groups is 2. The third kappa shape index (κ3) is 4.55. The van der Waals surface area contributed by atoms with E-state index in [1.165, 1.54) is 5.56 Å². The van der Waals surface area contributed by atoms with E-state index in [1.807, 2.05) is 35.2 Å². The first kappa shape index (κ1) is 18.6. The van der Waals surface area contributed by atoms with Crippen molar-refractivity contribution >= 4 is 23.6 Å². The molecule has 2 aromatic heterocycles. The molecule has 0 fully saturated rings. The minimum Gasteiger partial charge on any atom is -0.334 e. The van der Waals surface area contributed by atoms with Gasteiger partial charge >= 0.3 is 0 Å². The molecule has 0 unspecified atom stereocenters. The summed E-state index contributed by atoms with van der Waals surface area (Å²) in [6.07, 6.45) is 10.7. The second kappa shape index (κ2) is 8.48. The number of anilines is 1. The van der Waals surface area contributed by atoms with Crippen molar-refractivity contribution in [2.45, 2.75) is 13.0 Å². The van der Waals surface area contributed by atoms with Gasteiger partial charge in [-0.3, -0.25) is 19.6 Å². The van der Waals surface area contributed by atoms with Gasteiger partial charge in [0.25, 0.3) is 5.91 Å². The Bertz CT molecular complexity index is 1050. The zero-order valence-corrected chi connectivity index (χ0v) is 15.8. The van der Waals surface area contributed by atoms with E-state index in [0.29, 0.717) is 24.3 Å². The van der Waals surface area contributed by atoms with Crippen LogP contribution in [-0.4, -0.2) is 33.2 Å². The first-order valence-electron chi connectivity index (χ1n) is 9.39. The SMILES string of the molecule is O=C(Nc1ccc2c(c1)CN(C(=O)/C=C/c1cccnc1)CC2)c1ccncc1. The van der Waals surface area contributed by atoms with Crippen molar-refractivity contribution in [3.63, 3.8) is 0 Å². The molecule has 0 bridgehead atoms. The smallest absolute Gasteiger partial charge is 0.255 e. The Morgan fingerprint density at radius 1 is 1.00 bits per heavy atom. The van der Waals surface area contributed by atoms with Crippen LogP contribution in [0.4, 0.5) is 5.69 Å². The zero-order chi connectivity index (χ0) is 20.1. The van der Waals surface area contributed by atoms with Gasteiger partial charge < -0.3 is 10.2 Å². The van der Waals surface area contributed by atoms with Crippen LogP contribution in [0.15, 0.2) is 73.3 Å². The van der Waals surface area contributed by atoms with E-state index in [9.17, 15) is 9.59 Å². The topological polar surface area (TPSA) is 75.2 Å². The van der Waals surface area contributed by atoms with Crippen LogP contribution in [0.5, 0.6) is 0 Å². The number of rotatable bonds is 4. The van der Waals surface area contributed by atoms with Crippen LogP contribution in [0.1, 0.15) is 27.0 Å². The molecule has 1 N–H and O–H groups in total. The number of aromatic nitrogens is 2. The van der Waals surface area contributed by atoms with Crippen molar-refractivity contribution in [1.82, 2.24) is 14.9 Å². The number of carbonyl (C=O) groups excluding carboxylic acids is 2. The maximum Gasteiger partial charge on any atom is 0.255 e. The van der Waals surface area contributed by atoms with Gasteiger partial charge in [0.05, 0.1) is 0 Å². The number of nitrogens with zero attached hydrogens (tertiary/aromatic N) is 3. The molecular weight excluding hydrogens is 364 g/mol. The fraction of sp³-hybridized carbons (Fsp3) is 0.130. The number of hydrogen-bond acceptors (Lipinski definition) is 4. The molecule has 6 heteroatoms. The average Bonchev–Trinajstić information content (AvgIpc) is 2.78. The fourth-order valence-corrected chi connectivity index (χ4v) is 3.28. The highest BCUT2D eigenvalue weighted by molar-refractivity contribution is 6.04. The minimum atomic E-state index is -0.185. The quantitative estimate of drug-likeness (QED) is 0.700. The lowest BCUT2D eigenvalue weighted by molar-refractivity contribution is -0.126. The summed E-state index contributed by atoms with van der Waals surface area (Å²) in [5.41, 5.74) is 4.40. The largest absolute Gasteiger partial charge is 0.334 e. The van der Waals surface area contributed by atoms with Gasteiger partial charge in [0.1, 0.15) is 0 Å². The van der Waals surface area contributed by atoms with Crippen LogP contribution in [0.3, 0.4) is 0 Å². The number of hydrogen-bond donors (Lipinski definition) is 1. The van der Waals surface area contributed by atoms with Crippen LogP contribution in [0, 0.1) is 0 Å². The average molecular weight is 384 g/mol. The summed E-state index contributed by atoms with van der Waals surface area (Å²) >= 11 is 0. The van der Waals surface area contributed by atoms with E-state index in [1.54, 1.807) is 49.1 Å². The molecule has 0 spiro atoms. The maximum atomic E-state index is 12.6. The number of pyridine rings is 2. The standard InChI is InChI=1S/C23H20N4O2/c28-22(6-3-17-2-1-10-25-15-17)27-13-9-18-4-5-21(14-20(18)16-27)26-23(29)19-7-11-24-12-8-19/h1-8,10-12,14-15H,9,13,16H2,(H,26,29)/b6-3+. The highest BCUT2D eigenvalue weighted by Gasteiger charge is 2.19. The van der Waals surface area contributed by atoms with Crippen molar-refractivity contribution < 1.29 is 9.59 Å². The predicted molar refractivity (Wildman–Crippen MR) is 111 cm³/mol. The second-order valence-electron chi connectivity index (χ2n) is 6.80. The molecule has 2 amide bonds. The zero-order valence-electron chi connectivity index (χ0n) is 15.8. The lowest BCUT2D eigenvalue weighted by atomic mass is 9.99. The molecule has 1 aromatic carbocycles. The Labute approximate surface area is 168 Å². The molecule has 0 saturated carbocycles. The van der Waals surface area contributed by atoms with Gasteiger partial charge in [0.15, 0.2) is 0 Å². The molecule has 6 nitrogen and oxygen atoms in total. The van der Waals surface area contributed by atoms with Crippen LogP contribution in [0.2, 0.25) is 0 Å². The Morgan fingerprint density at radius 2 is 1.86 bits per heavy atom. The van der Waals surface area contributed by atoms with Crippen LogP contribution >= 0.6 is 0 Å². The molecule has 0 saturated heterocycles. The first-order valence-corrected chi connectivity index (χ1v) is 9.39. The Hall–Kier alpha value is -3.80. The predicted octanol–water partition coefficient (Wildman–Crippen LogP) is 3.33. The molecule has 0 aliphatic carbocycles. The summed E-state index contributed by atoms with van der Waals surface area (Å²) in [5.74, 6) is -0.221. The molecule has 29 heavy (non-hydrogen) atoms. The number of amides is 2. The van der Waals surface area contributed by atoms with Gasteiger partial charge in [-0.15, -0.1) is 0 Å². The second-order valence-corrected chi connectivity index (χ2v) is 6.80. The normalized spacial score (nSPS) is 13.2. The molecule has 3 heterocycles. The molecule has 3 aromatic rings. The maximum absolute atomic E-state index is 12.6. The van der Waals surface area contributed by atoms with Gasteiger partial charge in [0.2, 0.25) is 5.91 Å². The van der Waals surface area contributed by atoms with E-state index in [4.69, 9.17) is 0 Å². The highest BCUT2D eigenvalue weighted by Crippen LogP contribution is 2.23. The molecule has 1 aliphatic heterocycles. The van der Waals surface area contributed by atoms with Crippen LogP contribution in [-0.2, 0) is 17.8 Å². The van der Waals surface area contributed by atoms with Crippen molar-refractivity contribution in [2.75, 3.05) is 11.9 Å². The van der Waals surface area contributed by atoms with Crippen molar-refractivity contribution in [3.8, 4) is 0 Å². The lowest BCUT2D eigenvalue weighted by Crippen LogP contribution is -2.34. The van der Waals surface area contributed by atoms with Crippen LogP contribution in [0.25, 0.3) is 6.08 Å². The van der Waals surface area contributed by atoms with Gasteiger partial charge in [-0.2, -0.15) is 0 Å². The van der Waals surface area contributed by atoms with Gasteiger partial charge in [0, 0.05) is 55.2 Å². The molecule has 4 rings (SSSR count). The monoisotopic (exact) mass is 384 g/mol. The van der Waals surface area contributed by atoms with E-state index in [0.717, 1.165) is 17.5 Å². The molecule has 1 aliphatic rings. The highest BCUT2D eigenvalue weighted by atomic mass is 16.2. The third-order valence-electron chi connectivity index (χ3n) is 4.83. The van der Waals surface area contributed by atoms with E-state index in [-0.39, 0.29) is 11.8 Å². The number of benzene rings is 1. The molecule has 0 atom stereocenters. The third-order valence-corrected chi connectivity index (χ3v) is 4.83. The summed E-state index contributed by atoms with van der Waals surface area (Å²) in [5, 5.41) is 2.91. The summed E-state index contributed by atoms with van der Waals surface area (Å²) in [6.45, 7) is 1.19. The van der Waals surface area contributed by atoms with Gasteiger partial charge in [-0.1, -0.05) is 12.1 Å². The molecule has 144 valence electrons. The summed E-state index contributed by atoms with van der Waals surface area (Å²) < 4.78 is 0. The fourth-order valence-electron chi connectivity index (χ4n) is 3.28. The number of nitrogens with one attached hydrogen (secondary N) is 1. The summed E-state index contributed by atoms with van der Waals surface area (Å²) in [4.78, 5) is 34.7. The van der Waals surface area contributed by atoms with E-state index < -0.39 is 0 Å². The molecular formula is C23H20N4O2. The van der Waals surface area contributed by atoms with Crippen LogP contribution < -0.4 is 5.32 Å². The van der Waals surface area contributed by atoms with Crippen molar-refractivity contribution in [3.05, 3.63) is 95.6 Å². The Kier molecular flexibility index (Phi) is 5.42. The summed E-state index contributed by atoms with van der Waals surface area (Å²) in [7, 11) is 0. The van der Waals surface area contributed by atoms with E-state index >= 15 is 0 Å². The van der Waals surface area contributed by atoms with Gasteiger partial charge in [-0.25, -0.2) is 0 Å². The van der Waals surface area contributed by atoms with Gasteiger partial charge in [-0.05, 0) is 59.5 Å². The Morgan fingerprint density at radius 3 is 2.66 bits per heavy atom. The van der Waals surface area contributed by atoms with E-state index in [2.05, 4.69) is 15.3 Å². The van der Waals surface area contributed by atoms with Crippen molar-refractivity contribution in [2.24, 2.45) is 0 Å². The first-order chi connectivity index (χ1) is 14.2. The lowest BCUT2D eigenvalue weighted by Gasteiger charge is -2.28. The minimum absolute atomic E-state index is 0.0364. The Balaban J connectivity index is 1.44. The summed E-state index contributed by atoms with van der Waals surface area (Å²) in [6, 6.07) is 12.9. The molecule has 0 radical (unpaired) electrons. The van der Waals surface area contributed by atoms with Crippen molar-refractivity contribution in [1.29, 1.82) is 0 Å².